The third-order valence-electron chi connectivity index (χ3n) is 7.92. The number of anilines is 1. The maximum atomic E-state index is 15.1. The quantitative estimate of drug-likeness (QED) is 0.602. The van der Waals surface area contributed by atoms with Crippen LogP contribution in [-0.4, -0.2) is 50.9 Å². The van der Waals surface area contributed by atoms with Gasteiger partial charge in [-0.1, -0.05) is 0 Å². The Labute approximate surface area is 209 Å². The van der Waals surface area contributed by atoms with Gasteiger partial charge in [-0.25, -0.2) is 13.5 Å². The Bertz CT molecular complexity index is 1300. The van der Waals surface area contributed by atoms with Crippen LogP contribution in [0.2, 0.25) is 0 Å². The molecule has 1 spiro atoms. The molecule has 6 rings (SSSR count). The van der Waals surface area contributed by atoms with Gasteiger partial charge in [0.25, 0.3) is 5.91 Å². The predicted molar refractivity (Wildman–Crippen MR) is 130 cm³/mol. The lowest BCUT2D eigenvalue weighted by molar-refractivity contribution is 0.0973. The molecular weight excluding hydrogens is 488 g/mol. The molecule has 2 aromatic carbocycles. The number of halogens is 2. The Kier molecular flexibility index (Phi) is 5.71. The summed E-state index contributed by atoms with van der Waals surface area (Å²) in [5.74, 6) is -1.40. The van der Waals surface area contributed by atoms with Crippen molar-refractivity contribution >= 4 is 21.8 Å². The second kappa shape index (κ2) is 8.69. The average Bonchev–Trinajstić information content (AvgIpc) is 3.71. The van der Waals surface area contributed by atoms with Crippen molar-refractivity contribution in [3.63, 3.8) is 0 Å². The van der Waals surface area contributed by atoms with Crippen molar-refractivity contribution in [1.82, 2.24) is 9.03 Å². The van der Waals surface area contributed by atoms with Crippen molar-refractivity contribution < 1.29 is 26.7 Å². The number of rotatable bonds is 7. The van der Waals surface area contributed by atoms with Gasteiger partial charge in [-0.15, -0.1) is 0 Å². The molecule has 0 aromatic heterocycles. The van der Waals surface area contributed by atoms with Gasteiger partial charge >= 0.3 is 10.2 Å². The lowest BCUT2D eigenvalue weighted by Gasteiger charge is -2.35. The summed E-state index contributed by atoms with van der Waals surface area (Å²) < 4.78 is 62.5. The molecule has 4 aliphatic rings. The van der Waals surface area contributed by atoms with Crippen LogP contribution in [0.5, 0.6) is 5.75 Å². The Morgan fingerprint density at radius 2 is 1.81 bits per heavy atom. The van der Waals surface area contributed by atoms with Crippen LogP contribution in [0.1, 0.15) is 60.4 Å². The number of hydrogen-bond acceptors (Lipinski definition) is 5. The molecule has 1 N–H and O–H groups in total. The van der Waals surface area contributed by atoms with Crippen molar-refractivity contribution in [2.75, 3.05) is 31.1 Å². The highest BCUT2D eigenvalue weighted by Gasteiger charge is 2.58. The minimum Gasteiger partial charge on any atom is -0.489 e. The van der Waals surface area contributed by atoms with Gasteiger partial charge in [0.05, 0.1) is 5.56 Å². The summed E-state index contributed by atoms with van der Waals surface area (Å²) in [6.45, 7) is 2.39. The van der Waals surface area contributed by atoms with Gasteiger partial charge in [0.2, 0.25) is 0 Å². The number of amides is 1. The number of carbonyl (C=O) groups is 1. The monoisotopic (exact) mass is 517 g/mol. The van der Waals surface area contributed by atoms with Gasteiger partial charge < -0.3 is 9.64 Å². The van der Waals surface area contributed by atoms with E-state index in [0.29, 0.717) is 18.8 Å². The van der Waals surface area contributed by atoms with E-state index in [2.05, 4.69) is 4.90 Å². The van der Waals surface area contributed by atoms with Crippen molar-refractivity contribution in [3.8, 4) is 5.75 Å². The van der Waals surface area contributed by atoms with Crippen molar-refractivity contribution in [2.24, 2.45) is 5.41 Å². The van der Waals surface area contributed by atoms with Crippen LogP contribution >= 0.6 is 0 Å². The summed E-state index contributed by atoms with van der Waals surface area (Å²) in [6.07, 6.45) is 5.37. The van der Waals surface area contributed by atoms with E-state index in [1.165, 1.54) is 24.3 Å². The topological polar surface area (TPSA) is 79.0 Å². The van der Waals surface area contributed by atoms with E-state index in [1.807, 2.05) is 4.72 Å². The van der Waals surface area contributed by atoms with E-state index in [0.717, 1.165) is 67.2 Å². The molecule has 0 radical (unpaired) electrons. The van der Waals surface area contributed by atoms with Gasteiger partial charge in [-0.2, -0.15) is 12.7 Å². The first-order chi connectivity index (χ1) is 17.2. The third kappa shape index (κ3) is 4.45. The van der Waals surface area contributed by atoms with Gasteiger partial charge in [0, 0.05) is 43.3 Å². The van der Waals surface area contributed by atoms with Crippen LogP contribution in [0.3, 0.4) is 0 Å². The summed E-state index contributed by atoms with van der Waals surface area (Å²) in [7, 11) is -3.96. The summed E-state index contributed by atoms with van der Waals surface area (Å²) >= 11 is 0. The number of hydrogen-bond donors (Lipinski definition) is 1. The molecule has 192 valence electrons. The average molecular weight is 518 g/mol. The number of nitrogens with one attached hydrogen (secondary N) is 1. The number of ether oxygens (including phenoxy) is 1. The number of piperidine rings is 1. The molecule has 2 aromatic rings. The first-order valence-corrected chi connectivity index (χ1v) is 14.0. The minimum atomic E-state index is -3.96. The van der Waals surface area contributed by atoms with Crippen molar-refractivity contribution in [2.45, 2.75) is 50.5 Å². The van der Waals surface area contributed by atoms with Crippen LogP contribution in [0, 0.1) is 17.0 Å². The van der Waals surface area contributed by atoms with E-state index in [9.17, 15) is 17.6 Å². The second-order valence-electron chi connectivity index (χ2n) is 10.5. The molecular formula is C26H29F2N3O4S. The molecule has 36 heavy (non-hydrogen) atoms. The van der Waals surface area contributed by atoms with E-state index in [4.69, 9.17) is 4.74 Å². The van der Waals surface area contributed by atoms with Crippen LogP contribution < -0.4 is 14.4 Å². The van der Waals surface area contributed by atoms with Gasteiger partial charge in [-0.05, 0) is 80.3 Å². The van der Waals surface area contributed by atoms with Crippen molar-refractivity contribution in [3.05, 3.63) is 59.2 Å². The van der Waals surface area contributed by atoms with E-state index >= 15 is 4.39 Å². The van der Waals surface area contributed by atoms with E-state index in [-0.39, 0.29) is 28.8 Å². The van der Waals surface area contributed by atoms with Gasteiger partial charge in [-0.3, -0.25) is 4.79 Å². The van der Waals surface area contributed by atoms with Crippen LogP contribution in [0.4, 0.5) is 14.5 Å². The smallest absolute Gasteiger partial charge is 0.304 e. The zero-order chi connectivity index (χ0) is 25.1. The SMILES string of the molecule is O=C(NS(=O)(=O)N1CCC1)c1cc(C2CC2)c(OC2CC23CCCN(c2ccc(F)cc2)C3)cc1F. The first kappa shape index (κ1) is 23.7. The number of carbonyl (C=O) groups excluding carboxylic acids is 1. The summed E-state index contributed by atoms with van der Waals surface area (Å²) in [5, 5.41) is 0. The minimum absolute atomic E-state index is 0.0364. The summed E-state index contributed by atoms with van der Waals surface area (Å²) in [5.41, 5.74) is 1.43. The van der Waals surface area contributed by atoms with Crippen LogP contribution in [0.25, 0.3) is 0 Å². The highest BCUT2D eigenvalue weighted by Crippen LogP contribution is 2.56. The Balaban J connectivity index is 1.18. The van der Waals surface area contributed by atoms with Crippen molar-refractivity contribution in [1.29, 1.82) is 0 Å². The van der Waals surface area contributed by atoms with Crippen LogP contribution in [-0.2, 0) is 10.2 Å². The first-order valence-electron chi connectivity index (χ1n) is 12.6. The summed E-state index contributed by atoms with van der Waals surface area (Å²) in [6, 6.07) is 9.22. The molecule has 2 atom stereocenters. The Hall–Kier alpha value is -2.72. The largest absolute Gasteiger partial charge is 0.489 e. The maximum Gasteiger partial charge on any atom is 0.304 e. The molecule has 7 nitrogen and oxygen atoms in total. The molecule has 2 heterocycles. The molecule has 1 amide bonds. The fourth-order valence-corrected chi connectivity index (χ4v) is 6.63. The van der Waals surface area contributed by atoms with E-state index < -0.39 is 21.9 Å². The molecule has 2 aliphatic heterocycles. The number of nitrogens with zero attached hydrogens (tertiary/aromatic N) is 2. The molecule has 2 aliphatic carbocycles. The zero-order valence-electron chi connectivity index (χ0n) is 19.9. The highest BCUT2D eigenvalue weighted by molar-refractivity contribution is 7.87. The Morgan fingerprint density at radius 3 is 2.47 bits per heavy atom. The lowest BCUT2D eigenvalue weighted by atomic mass is 9.94. The van der Waals surface area contributed by atoms with E-state index in [1.54, 1.807) is 12.1 Å². The molecule has 2 saturated heterocycles. The molecule has 10 heteroatoms. The Morgan fingerprint density at radius 1 is 1.06 bits per heavy atom. The predicted octanol–water partition coefficient (Wildman–Crippen LogP) is 3.96. The highest BCUT2D eigenvalue weighted by atomic mass is 32.2. The zero-order valence-corrected chi connectivity index (χ0v) is 20.7. The third-order valence-corrected chi connectivity index (χ3v) is 9.41. The van der Waals surface area contributed by atoms with Gasteiger partial charge in [0.1, 0.15) is 23.5 Å². The molecule has 4 fully saturated rings. The molecule has 2 unspecified atom stereocenters. The lowest BCUT2D eigenvalue weighted by Crippen LogP contribution is -2.49. The fraction of sp³-hybridized carbons (Fsp3) is 0.500. The van der Waals surface area contributed by atoms with Crippen LogP contribution in [0.15, 0.2) is 36.4 Å². The van der Waals surface area contributed by atoms with Gasteiger partial charge in [0.15, 0.2) is 0 Å². The maximum absolute atomic E-state index is 15.1. The number of benzene rings is 2. The fourth-order valence-electron chi connectivity index (χ4n) is 5.42. The molecule has 0 bridgehead atoms. The second-order valence-corrected chi connectivity index (χ2v) is 12.2. The standard InChI is InChI=1S/C26H29F2N3O4S/c27-18-5-7-19(8-6-18)30-10-1-9-26(16-30)15-24(26)35-23-14-22(28)21(13-20(23)17-3-4-17)25(32)29-36(33,34)31-11-2-12-31/h5-8,13-14,17,24H,1-4,9-12,15-16H2,(H,29,32). The normalized spacial score (nSPS) is 25.9. The summed E-state index contributed by atoms with van der Waals surface area (Å²) in [4.78, 5) is 14.9. The molecule has 2 saturated carbocycles.